The van der Waals surface area contributed by atoms with Crippen molar-refractivity contribution in [3.05, 3.63) is 24.3 Å². The largest absolute Gasteiger partial charge is 0.490 e. The van der Waals surface area contributed by atoms with Crippen LogP contribution < -0.4 is 15.8 Å². The van der Waals surface area contributed by atoms with Gasteiger partial charge in [-0.1, -0.05) is 6.07 Å². The fourth-order valence-electron chi connectivity index (χ4n) is 2.10. The first-order valence-electron chi connectivity index (χ1n) is 6.48. The molecule has 1 fully saturated rings. The van der Waals surface area contributed by atoms with Gasteiger partial charge in [0.1, 0.15) is 5.75 Å². The predicted octanol–water partition coefficient (Wildman–Crippen LogP) is 2.72. The van der Waals surface area contributed by atoms with E-state index in [4.69, 9.17) is 10.5 Å². The number of amides is 1. The molecule has 0 spiro atoms. The first kappa shape index (κ1) is 15.8. The number of nitrogens with one attached hydrogen (secondary N) is 1. The molecule has 0 aromatic heterocycles. The highest BCUT2D eigenvalue weighted by atomic mass is 35.5. The summed E-state index contributed by atoms with van der Waals surface area (Å²) in [4.78, 5) is 11.5. The number of rotatable bonds is 4. The first-order valence-corrected chi connectivity index (χ1v) is 6.48. The van der Waals surface area contributed by atoms with E-state index in [0.717, 1.165) is 24.3 Å². The zero-order valence-electron chi connectivity index (χ0n) is 11.1. The molecule has 5 heteroatoms. The second-order valence-corrected chi connectivity index (χ2v) is 4.83. The van der Waals surface area contributed by atoms with Crippen LogP contribution in [0.15, 0.2) is 24.3 Å². The van der Waals surface area contributed by atoms with Crippen LogP contribution in [-0.4, -0.2) is 18.1 Å². The summed E-state index contributed by atoms with van der Waals surface area (Å²) in [5.41, 5.74) is 6.24. The van der Waals surface area contributed by atoms with E-state index >= 15 is 0 Å². The Kier molecular flexibility index (Phi) is 6.12. The highest BCUT2D eigenvalue weighted by Gasteiger charge is 2.16. The maximum atomic E-state index is 11.5. The van der Waals surface area contributed by atoms with Gasteiger partial charge < -0.3 is 15.8 Å². The molecule has 1 atom stereocenters. The number of nitrogens with two attached hydrogens (primary N) is 1. The summed E-state index contributed by atoms with van der Waals surface area (Å²) in [5, 5.41) is 2.76. The maximum absolute atomic E-state index is 11.5. The van der Waals surface area contributed by atoms with Crippen molar-refractivity contribution in [2.24, 2.45) is 5.73 Å². The number of carbonyl (C=O) groups excluding carboxylic acids is 1. The fourth-order valence-corrected chi connectivity index (χ4v) is 2.10. The summed E-state index contributed by atoms with van der Waals surface area (Å²) >= 11 is 0. The number of halogens is 1. The fraction of sp³-hybridized carbons (Fsp3) is 0.500. The van der Waals surface area contributed by atoms with Crippen LogP contribution in [-0.2, 0) is 4.79 Å². The van der Waals surface area contributed by atoms with Crippen molar-refractivity contribution >= 4 is 24.0 Å². The van der Waals surface area contributed by atoms with Gasteiger partial charge in [0.25, 0.3) is 0 Å². The quantitative estimate of drug-likeness (QED) is 0.893. The second kappa shape index (κ2) is 7.36. The SMILES string of the molecule is CC(N)C(=O)Nc1cccc(OC2CCCC2)c1.Cl. The summed E-state index contributed by atoms with van der Waals surface area (Å²) in [6.45, 7) is 1.66. The third-order valence-corrected chi connectivity index (χ3v) is 3.12. The van der Waals surface area contributed by atoms with E-state index in [1.165, 1.54) is 12.8 Å². The Hall–Kier alpha value is -1.26. The summed E-state index contributed by atoms with van der Waals surface area (Å²) in [6.07, 6.45) is 5.05. The minimum atomic E-state index is -0.510. The third kappa shape index (κ3) is 4.73. The molecule has 1 unspecified atom stereocenters. The molecule has 1 aromatic rings. The molecule has 1 amide bonds. The molecular weight excluding hydrogens is 264 g/mol. The minimum absolute atomic E-state index is 0. The average molecular weight is 285 g/mol. The van der Waals surface area contributed by atoms with Gasteiger partial charge in [-0.2, -0.15) is 0 Å². The summed E-state index contributed by atoms with van der Waals surface area (Å²) in [5.74, 6) is 0.623. The van der Waals surface area contributed by atoms with Crippen LogP contribution in [0.25, 0.3) is 0 Å². The smallest absolute Gasteiger partial charge is 0.241 e. The molecule has 1 aliphatic rings. The standard InChI is InChI=1S/C14H20N2O2.ClH/c1-10(15)14(17)16-11-5-4-8-13(9-11)18-12-6-2-3-7-12;/h4-5,8-10,12H,2-3,6-7,15H2,1H3,(H,16,17);1H. The molecule has 19 heavy (non-hydrogen) atoms. The van der Waals surface area contributed by atoms with Crippen LogP contribution in [0.4, 0.5) is 5.69 Å². The zero-order valence-corrected chi connectivity index (χ0v) is 11.9. The van der Waals surface area contributed by atoms with Gasteiger partial charge >= 0.3 is 0 Å². The highest BCUT2D eigenvalue weighted by molar-refractivity contribution is 5.94. The number of ether oxygens (including phenoxy) is 1. The number of carbonyl (C=O) groups is 1. The molecule has 1 aromatic carbocycles. The van der Waals surface area contributed by atoms with E-state index in [9.17, 15) is 4.79 Å². The summed E-state index contributed by atoms with van der Waals surface area (Å²) in [7, 11) is 0. The van der Waals surface area contributed by atoms with E-state index < -0.39 is 6.04 Å². The Morgan fingerprint density at radius 2 is 2.11 bits per heavy atom. The first-order chi connectivity index (χ1) is 8.65. The van der Waals surface area contributed by atoms with Crippen molar-refractivity contribution < 1.29 is 9.53 Å². The number of benzene rings is 1. The van der Waals surface area contributed by atoms with Crippen molar-refractivity contribution in [1.82, 2.24) is 0 Å². The van der Waals surface area contributed by atoms with Crippen LogP contribution in [0.2, 0.25) is 0 Å². The molecule has 1 saturated carbocycles. The third-order valence-electron chi connectivity index (χ3n) is 3.12. The Balaban J connectivity index is 0.00000180. The lowest BCUT2D eigenvalue weighted by Crippen LogP contribution is -2.32. The molecule has 2 rings (SSSR count). The van der Waals surface area contributed by atoms with E-state index in [1.54, 1.807) is 6.92 Å². The van der Waals surface area contributed by atoms with Gasteiger partial charge in [0.05, 0.1) is 12.1 Å². The average Bonchev–Trinajstić information content (AvgIpc) is 2.82. The van der Waals surface area contributed by atoms with Gasteiger partial charge in [-0.25, -0.2) is 0 Å². The Bertz CT molecular complexity index is 418. The maximum Gasteiger partial charge on any atom is 0.241 e. The van der Waals surface area contributed by atoms with Crippen LogP contribution >= 0.6 is 12.4 Å². The van der Waals surface area contributed by atoms with Crippen LogP contribution in [0.5, 0.6) is 5.75 Å². The monoisotopic (exact) mass is 284 g/mol. The van der Waals surface area contributed by atoms with Gasteiger partial charge in [0.15, 0.2) is 0 Å². The lowest BCUT2D eigenvalue weighted by atomic mass is 10.2. The minimum Gasteiger partial charge on any atom is -0.490 e. The molecular formula is C14H21ClN2O2. The number of hydrogen-bond acceptors (Lipinski definition) is 3. The zero-order chi connectivity index (χ0) is 13.0. The molecule has 106 valence electrons. The molecule has 0 aliphatic heterocycles. The van der Waals surface area contributed by atoms with Crippen molar-refractivity contribution in [2.75, 3.05) is 5.32 Å². The second-order valence-electron chi connectivity index (χ2n) is 4.83. The van der Waals surface area contributed by atoms with Gasteiger partial charge in [-0.15, -0.1) is 12.4 Å². The van der Waals surface area contributed by atoms with E-state index in [2.05, 4.69) is 5.32 Å². The van der Waals surface area contributed by atoms with E-state index in [1.807, 2.05) is 24.3 Å². The molecule has 0 heterocycles. The Labute approximate surface area is 120 Å². The normalized spacial score (nSPS) is 16.5. The molecule has 0 bridgehead atoms. The van der Waals surface area contributed by atoms with Gasteiger partial charge in [-0.05, 0) is 44.7 Å². The van der Waals surface area contributed by atoms with Crippen molar-refractivity contribution in [1.29, 1.82) is 0 Å². The number of hydrogen-bond donors (Lipinski definition) is 2. The summed E-state index contributed by atoms with van der Waals surface area (Å²) < 4.78 is 5.88. The molecule has 4 nitrogen and oxygen atoms in total. The van der Waals surface area contributed by atoms with Crippen molar-refractivity contribution in [3.8, 4) is 5.75 Å². The lowest BCUT2D eigenvalue weighted by Gasteiger charge is -2.14. The Morgan fingerprint density at radius 1 is 1.42 bits per heavy atom. The van der Waals surface area contributed by atoms with Crippen LogP contribution in [0.3, 0.4) is 0 Å². The molecule has 0 radical (unpaired) electrons. The topological polar surface area (TPSA) is 64.4 Å². The lowest BCUT2D eigenvalue weighted by molar-refractivity contribution is -0.117. The van der Waals surface area contributed by atoms with E-state index in [-0.39, 0.29) is 18.3 Å². The van der Waals surface area contributed by atoms with Crippen LogP contribution in [0.1, 0.15) is 32.6 Å². The van der Waals surface area contributed by atoms with Crippen molar-refractivity contribution in [3.63, 3.8) is 0 Å². The van der Waals surface area contributed by atoms with Gasteiger partial charge in [-0.3, -0.25) is 4.79 Å². The van der Waals surface area contributed by atoms with Gasteiger partial charge in [0.2, 0.25) is 5.91 Å². The highest BCUT2D eigenvalue weighted by Crippen LogP contribution is 2.25. The molecule has 1 aliphatic carbocycles. The molecule has 3 N–H and O–H groups in total. The predicted molar refractivity (Wildman–Crippen MR) is 78.9 cm³/mol. The Morgan fingerprint density at radius 3 is 2.74 bits per heavy atom. The number of anilines is 1. The molecule has 0 saturated heterocycles. The van der Waals surface area contributed by atoms with Crippen LogP contribution in [0, 0.1) is 0 Å². The van der Waals surface area contributed by atoms with Gasteiger partial charge in [0, 0.05) is 11.8 Å². The van der Waals surface area contributed by atoms with Crippen molar-refractivity contribution in [2.45, 2.75) is 44.8 Å². The van der Waals surface area contributed by atoms with E-state index in [0.29, 0.717) is 6.10 Å². The summed E-state index contributed by atoms with van der Waals surface area (Å²) in [6, 6.07) is 6.96.